The molecule has 1 heterocycles. The van der Waals surface area contributed by atoms with Crippen LogP contribution < -0.4 is 0 Å². The first-order valence-corrected chi connectivity index (χ1v) is 6.87. The highest BCUT2D eigenvalue weighted by atomic mass is 16.5. The third-order valence-corrected chi connectivity index (χ3v) is 2.71. The van der Waals surface area contributed by atoms with Gasteiger partial charge in [0.05, 0.1) is 0 Å². The maximum absolute atomic E-state index is 11.9. The first-order valence-electron chi connectivity index (χ1n) is 6.87. The zero-order valence-electron chi connectivity index (χ0n) is 12.0. The fourth-order valence-corrected chi connectivity index (χ4v) is 1.81. The number of carbonyl (C=O) groups excluding carboxylic acids is 1. The molecule has 112 valence electrons. The minimum atomic E-state index is -1.00. The summed E-state index contributed by atoms with van der Waals surface area (Å²) in [4.78, 5) is 28.2. The van der Waals surface area contributed by atoms with E-state index in [1.165, 1.54) is 4.90 Å². The highest BCUT2D eigenvalue weighted by Gasteiger charge is 2.17. The quantitative estimate of drug-likeness (QED) is 0.733. The molecule has 0 spiro atoms. The fraction of sp³-hybridized carbons (Fsp3) is 0.692. The Hall–Kier alpha value is -1.92. The normalized spacial score (nSPS) is 10.5. The Kier molecular flexibility index (Phi) is 6.69. The predicted molar refractivity (Wildman–Crippen MR) is 71.1 cm³/mol. The van der Waals surface area contributed by atoms with Crippen molar-refractivity contribution >= 4 is 11.9 Å². The molecule has 7 nitrogen and oxygen atoms in total. The van der Waals surface area contributed by atoms with Gasteiger partial charge in [-0.25, -0.2) is 0 Å². The molecule has 1 amide bonds. The van der Waals surface area contributed by atoms with Crippen molar-refractivity contribution in [1.82, 2.24) is 15.0 Å². The lowest BCUT2D eigenvalue weighted by Crippen LogP contribution is -2.36. The van der Waals surface area contributed by atoms with E-state index in [1.54, 1.807) is 0 Å². The van der Waals surface area contributed by atoms with Gasteiger partial charge in [-0.2, -0.15) is 4.98 Å². The van der Waals surface area contributed by atoms with E-state index in [1.807, 2.05) is 13.8 Å². The third-order valence-electron chi connectivity index (χ3n) is 2.71. The maximum atomic E-state index is 11.9. The van der Waals surface area contributed by atoms with Gasteiger partial charge >= 0.3 is 5.97 Å². The van der Waals surface area contributed by atoms with Gasteiger partial charge < -0.3 is 14.5 Å². The number of nitrogens with zero attached hydrogens (tertiary/aromatic N) is 3. The smallest absolute Gasteiger partial charge is 0.323 e. The molecule has 1 aromatic rings. The van der Waals surface area contributed by atoms with E-state index in [0.29, 0.717) is 24.7 Å². The monoisotopic (exact) mass is 283 g/mol. The minimum Gasteiger partial charge on any atom is -0.480 e. The molecule has 0 saturated carbocycles. The summed E-state index contributed by atoms with van der Waals surface area (Å²) in [7, 11) is 0. The number of hydrogen-bond acceptors (Lipinski definition) is 5. The zero-order chi connectivity index (χ0) is 15.0. The topological polar surface area (TPSA) is 96.5 Å². The summed E-state index contributed by atoms with van der Waals surface area (Å²) in [6.07, 6.45) is 2.93. The van der Waals surface area contributed by atoms with Crippen LogP contribution in [-0.2, 0) is 22.4 Å². The second-order valence-electron chi connectivity index (χ2n) is 4.56. The average Bonchev–Trinajstić information content (AvgIpc) is 2.83. The molecule has 0 fully saturated rings. The number of aliphatic carboxylic acids is 1. The van der Waals surface area contributed by atoms with Crippen molar-refractivity contribution in [2.24, 2.45) is 0 Å². The Morgan fingerprint density at radius 3 is 2.60 bits per heavy atom. The molecule has 0 aliphatic carbocycles. The van der Waals surface area contributed by atoms with Crippen LogP contribution in [0, 0.1) is 0 Å². The summed E-state index contributed by atoms with van der Waals surface area (Å²) in [5.74, 6) is -0.140. The molecule has 0 radical (unpaired) electrons. The van der Waals surface area contributed by atoms with Crippen LogP contribution in [0.3, 0.4) is 0 Å². The van der Waals surface area contributed by atoms with Crippen molar-refractivity contribution in [1.29, 1.82) is 0 Å². The summed E-state index contributed by atoms with van der Waals surface area (Å²) in [6.45, 7) is 4.10. The van der Waals surface area contributed by atoms with Crippen LogP contribution >= 0.6 is 0 Å². The van der Waals surface area contributed by atoms with Crippen molar-refractivity contribution in [3.63, 3.8) is 0 Å². The minimum absolute atomic E-state index is 0.182. The molecule has 0 saturated heterocycles. The van der Waals surface area contributed by atoms with Crippen LogP contribution in [0.2, 0.25) is 0 Å². The molecule has 0 unspecified atom stereocenters. The zero-order valence-corrected chi connectivity index (χ0v) is 12.0. The number of aromatic nitrogens is 2. The van der Waals surface area contributed by atoms with Crippen molar-refractivity contribution < 1.29 is 19.2 Å². The van der Waals surface area contributed by atoms with E-state index in [-0.39, 0.29) is 18.9 Å². The number of aryl methyl sites for hydroxylation is 2. The highest BCUT2D eigenvalue weighted by molar-refractivity contribution is 5.81. The molecular weight excluding hydrogens is 262 g/mol. The average molecular weight is 283 g/mol. The number of carbonyl (C=O) groups is 2. The van der Waals surface area contributed by atoms with Crippen molar-refractivity contribution in [3.05, 3.63) is 11.7 Å². The standard InChI is InChI=1S/C13H21N3O4/c1-3-5-10-14-11(20-15-10)6-7-12(17)16(8-4-2)9-13(18)19/h3-9H2,1-2H3,(H,18,19). The number of rotatable bonds is 9. The van der Waals surface area contributed by atoms with Crippen LogP contribution in [0.25, 0.3) is 0 Å². The van der Waals surface area contributed by atoms with Crippen LogP contribution in [0.15, 0.2) is 4.52 Å². The summed E-state index contributed by atoms with van der Waals surface area (Å²) in [5.41, 5.74) is 0. The Morgan fingerprint density at radius 2 is 2.00 bits per heavy atom. The molecule has 0 aliphatic rings. The van der Waals surface area contributed by atoms with E-state index < -0.39 is 5.97 Å². The van der Waals surface area contributed by atoms with E-state index in [2.05, 4.69) is 10.1 Å². The van der Waals surface area contributed by atoms with E-state index >= 15 is 0 Å². The Bertz CT molecular complexity index is 445. The van der Waals surface area contributed by atoms with E-state index in [0.717, 1.165) is 19.3 Å². The lowest BCUT2D eigenvalue weighted by molar-refractivity contribution is -0.144. The van der Waals surface area contributed by atoms with Gasteiger partial charge in [0.1, 0.15) is 6.54 Å². The SMILES string of the molecule is CCCc1noc(CCC(=O)N(CCC)CC(=O)O)n1. The van der Waals surface area contributed by atoms with Crippen molar-refractivity contribution in [2.75, 3.05) is 13.1 Å². The highest BCUT2D eigenvalue weighted by Crippen LogP contribution is 2.05. The Morgan fingerprint density at radius 1 is 1.25 bits per heavy atom. The van der Waals surface area contributed by atoms with E-state index in [9.17, 15) is 9.59 Å². The second-order valence-corrected chi connectivity index (χ2v) is 4.56. The van der Waals surface area contributed by atoms with Gasteiger partial charge in [-0.15, -0.1) is 0 Å². The van der Waals surface area contributed by atoms with Gasteiger partial charge in [0.2, 0.25) is 11.8 Å². The van der Waals surface area contributed by atoms with Gasteiger partial charge in [-0.1, -0.05) is 19.0 Å². The summed E-state index contributed by atoms with van der Waals surface area (Å²) in [5, 5.41) is 12.6. The van der Waals surface area contributed by atoms with Gasteiger partial charge in [-0.05, 0) is 12.8 Å². The molecule has 20 heavy (non-hydrogen) atoms. The first kappa shape index (κ1) is 16.1. The lowest BCUT2D eigenvalue weighted by Gasteiger charge is -2.19. The molecule has 7 heteroatoms. The predicted octanol–water partition coefficient (Wildman–Crippen LogP) is 1.28. The van der Waals surface area contributed by atoms with Crippen LogP contribution in [0.5, 0.6) is 0 Å². The first-order chi connectivity index (χ1) is 9.56. The molecule has 0 bridgehead atoms. The molecular formula is C13H21N3O4. The Balaban J connectivity index is 2.48. The van der Waals surface area contributed by atoms with Crippen LogP contribution in [-0.4, -0.2) is 45.1 Å². The maximum Gasteiger partial charge on any atom is 0.323 e. The van der Waals surface area contributed by atoms with Gasteiger partial charge in [0, 0.05) is 25.8 Å². The summed E-state index contributed by atoms with van der Waals surface area (Å²) in [6, 6.07) is 0. The number of hydrogen-bond donors (Lipinski definition) is 1. The van der Waals surface area contributed by atoms with Gasteiger partial charge in [-0.3, -0.25) is 9.59 Å². The molecule has 0 aromatic carbocycles. The van der Waals surface area contributed by atoms with Gasteiger partial charge in [0.25, 0.3) is 0 Å². The van der Waals surface area contributed by atoms with Crippen molar-refractivity contribution in [3.8, 4) is 0 Å². The molecule has 0 atom stereocenters. The number of carboxylic acids is 1. The summed E-state index contributed by atoms with van der Waals surface area (Å²) >= 11 is 0. The number of carboxylic acid groups (broad SMARTS) is 1. The Labute approximate surface area is 118 Å². The van der Waals surface area contributed by atoms with Gasteiger partial charge in [0.15, 0.2) is 5.82 Å². The largest absolute Gasteiger partial charge is 0.480 e. The third kappa shape index (κ3) is 5.38. The second kappa shape index (κ2) is 8.29. The van der Waals surface area contributed by atoms with E-state index in [4.69, 9.17) is 9.63 Å². The number of amides is 1. The fourth-order valence-electron chi connectivity index (χ4n) is 1.81. The molecule has 0 aliphatic heterocycles. The van der Waals surface area contributed by atoms with Crippen LogP contribution in [0.4, 0.5) is 0 Å². The lowest BCUT2D eigenvalue weighted by atomic mass is 10.2. The van der Waals surface area contributed by atoms with Crippen molar-refractivity contribution in [2.45, 2.75) is 46.0 Å². The molecule has 1 rings (SSSR count). The molecule has 1 N–H and O–H groups in total. The summed E-state index contributed by atoms with van der Waals surface area (Å²) < 4.78 is 5.04. The molecule has 1 aromatic heterocycles. The van der Waals surface area contributed by atoms with Crippen LogP contribution in [0.1, 0.15) is 44.8 Å².